The van der Waals surface area contributed by atoms with E-state index in [0.717, 1.165) is 0 Å². The lowest BCUT2D eigenvalue weighted by atomic mass is 10.0. The molecule has 0 bridgehead atoms. The Hall–Kier alpha value is -0.650. The Kier molecular flexibility index (Phi) is 3.47. The lowest BCUT2D eigenvalue weighted by Gasteiger charge is -2.17. The minimum Gasteiger partial charge on any atom is -0.506 e. The van der Waals surface area contributed by atoms with Crippen molar-refractivity contribution >= 4 is 15.9 Å². The summed E-state index contributed by atoms with van der Waals surface area (Å²) in [5, 5.41) is 18.7. The van der Waals surface area contributed by atoms with E-state index < -0.39 is 18.0 Å². The molecule has 0 spiro atoms. The zero-order chi connectivity index (χ0) is 10.9. The van der Waals surface area contributed by atoms with Crippen LogP contribution in [0, 0.1) is 5.82 Å². The molecule has 0 aliphatic heterocycles. The third-order valence-corrected chi connectivity index (χ3v) is 2.73. The van der Waals surface area contributed by atoms with Gasteiger partial charge < -0.3 is 15.9 Å². The van der Waals surface area contributed by atoms with E-state index in [2.05, 4.69) is 15.9 Å². The first-order valence-electron chi connectivity index (χ1n) is 4.05. The molecule has 0 saturated carbocycles. The lowest BCUT2D eigenvalue weighted by molar-refractivity contribution is 0.162. The third-order valence-electron chi connectivity index (χ3n) is 1.98. The molecule has 1 aromatic rings. The van der Waals surface area contributed by atoms with Crippen molar-refractivity contribution in [2.24, 2.45) is 5.73 Å². The molecule has 5 heteroatoms. The van der Waals surface area contributed by atoms with Crippen molar-refractivity contribution in [2.75, 3.05) is 0 Å². The summed E-state index contributed by atoms with van der Waals surface area (Å²) >= 11 is 2.89. The topological polar surface area (TPSA) is 66.5 Å². The number of nitrogens with two attached hydrogens (primary N) is 1. The Morgan fingerprint density at radius 3 is 2.57 bits per heavy atom. The van der Waals surface area contributed by atoms with Crippen molar-refractivity contribution in [1.82, 2.24) is 0 Å². The van der Waals surface area contributed by atoms with Gasteiger partial charge in [0.15, 0.2) is 0 Å². The van der Waals surface area contributed by atoms with Crippen LogP contribution in [0.25, 0.3) is 0 Å². The van der Waals surface area contributed by atoms with Crippen LogP contribution < -0.4 is 5.73 Å². The van der Waals surface area contributed by atoms with Crippen molar-refractivity contribution in [3.8, 4) is 5.75 Å². The van der Waals surface area contributed by atoms with Crippen LogP contribution in [0.5, 0.6) is 5.75 Å². The van der Waals surface area contributed by atoms with Gasteiger partial charge in [-0.05, 0) is 28.9 Å². The van der Waals surface area contributed by atoms with Gasteiger partial charge in [0.1, 0.15) is 11.6 Å². The van der Waals surface area contributed by atoms with Crippen LogP contribution in [0.4, 0.5) is 4.39 Å². The average molecular weight is 264 g/mol. The number of phenols is 1. The van der Waals surface area contributed by atoms with Crippen LogP contribution in [-0.4, -0.2) is 16.3 Å². The zero-order valence-corrected chi connectivity index (χ0v) is 9.12. The number of phenolic OH excluding ortho intramolecular Hbond substituents is 1. The fourth-order valence-electron chi connectivity index (χ4n) is 1.08. The van der Waals surface area contributed by atoms with Gasteiger partial charge in [0.2, 0.25) is 0 Å². The quantitative estimate of drug-likeness (QED) is 0.761. The summed E-state index contributed by atoms with van der Waals surface area (Å²) in [4.78, 5) is 0. The average Bonchev–Trinajstić information content (AvgIpc) is 2.13. The smallest absolute Gasteiger partial charge is 0.141 e. The number of hydrogen-bond acceptors (Lipinski definition) is 3. The Labute approximate surface area is 89.5 Å². The highest BCUT2D eigenvalue weighted by Crippen LogP contribution is 2.34. The first kappa shape index (κ1) is 11.4. The summed E-state index contributed by atoms with van der Waals surface area (Å²) < 4.78 is 12.9. The Morgan fingerprint density at radius 2 is 2.07 bits per heavy atom. The Balaban J connectivity index is 3.17. The second-order valence-electron chi connectivity index (χ2n) is 3.07. The van der Waals surface area contributed by atoms with Crippen LogP contribution in [0.3, 0.4) is 0 Å². The van der Waals surface area contributed by atoms with Gasteiger partial charge in [0.05, 0.1) is 16.6 Å². The maximum Gasteiger partial charge on any atom is 0.141 e. The van der Waals surface area contributed by atoms with Crippen molar-refractivity contribution < 1.29 is 14.6 Å². The van der Waals surface area contributed by atoms with Crippen molar-refractivity contribution in [3.05, 3.63) is 28.0 Å². The van der Waals surface area contributed by atoms with E-state index in [1.165, 1.54) is 19.1 Å². The fourth-order valence-corrected chi connectivity index (χ4v) is 1.44. The summed E-state index contributed by atoms with van der Waals surface area (Å²) in [7, 11) is 0. The molecule has 0 fully saturated rings. The molecule has 0 saturated heterocycles. The Bertz CT molecular complexity index is 344. The van der Waals surface area contributed by atoms with Crippen LogP contribution in [-0.2, 0) is 0 Å². The van der Waals surface area contributed by atoms with E-state index in [4.69, 9.17) is 5.73 Å². The second-order valence-corrected chi connectivity index (χ2v) is 3.86. The largest absolute Gasteiger partial charge is 0.506 e. The minimum atomic E-state index is -0.807. The Morgan fingerprint density at radius 1 is 1.50 bits per heavy atom. The van der Waals surface area contributed by atoms with Gasteiger partial charge in [-0.3, -0.25) is 0 Å². The molecule has 1 rings (SSSR count). The first-order valence-corrected chi connectivity index (χ1v) is 4.85. The predicted octanol–water partition coefficient (Wildman–Crippen LogP) is 1.67. The predicted molar refractivity (Wildman–Crippen MR) is 54.4 cm³/mol. The number of halogens is 2. The van der Waals surface area contributed by atoms with Gasteiger partial charge in [0, 0.05) is 5.56 Å². The number of benzene rings is 1. The molecule has 4 N–H and O–H groups in total. The normalized spacial score (nSPS) is 15.2. The van der Waals surface area contributed by atoms with Crippen molar-refractivity contribution in [2.45, 2.75) is 19.1 Å². The van der Waals surface area contributed by atoms with E-state index in [0.29, 0.717) is 5.56 Å². The molecule has 14 heavy (non-hydrogen) atoms. The molecule has 1 aromatic carbocycles. The third kappa shape index (κ3) is 2.05. The van der Waals surface area contributed by atoms with E-state index in [-0.39, 0.29) is 10.2 Å². The fraction of sp³-hybridized carbons (Fsp3) is 0.333. The highest BCUT2D eigenvalue weighted by molar-refractivity contribution is 9.10. The summed E-state index contributed by atoms with van der Waals surface area (Å²) in [5.74, 6) is -0.831. The summed E-state index contributed by atoms with van der Waals surface area (Å²) in [6.45, 7) is 1.50. The molecule has 0 heterocycles. The second kappa shape index (κ2) is 4.25. The molecule has 0 radical (unpaired) electrons. The molecule has 3 nitrogen and oxygen atoms in total. The molecule has 0 aliphatic rings. The molecule has 0 unspecified atom stereocenters. The van der Waals surface area contributed by atoms with Crippen LogP contribution in [0.15, 0.2) is 16.6 Å². The SMILES string of the molecule is C[C@H](O)[C@H](N)c1ccc(F)c(Br)c1O. The molecular weight excluding hydrogens is 253 g/mol. The molecule has 78 valence electrons. The van der Waals surface area contributed by atoms with Crippen LogP contribution in [0.1, 0.15) is 18.5 Å². The number of aliphatic hydroxyl groups excluding tert-OH is 1. The number of hydrogen-bond donors (Lipinski definition) is 3. The maximum absolute atomic E-state index is 12.9. The van der Waals surface area contributed by atoms with E-state index >= 15 is 0 Å². The van der Waals surface area contributed by atoms with Gasteiger partial charge in [-0.1, -0.05) is 6.07 Å². The molecule has 0 aliphatic carbocycles. The molecular formula is C9H11BrFNO2. The molecule has 0 aromatic heterocycles. The van der Waals surface area contributed by atoms with E-state index in [9.17, 15) is 14.6 Å². The number of aromatic hydroxyl groups is 1. The van der Waals surface area contributed by atoms with Gasteiger partial charge in [0.25, 0.3) is 0 Å². The molecule has 2 atom stereocenters. The van der Waals surface area contributed by atoms with Crippen LogP contribution in [0.2, 0.25) is 0 Å². The summed E-state index contributed by atoms with van der Waals surface area (Å²) in [6.07, 6.45) is -0.807. The van der Waals surface area contributed by atoms with E-state index in [1.54, 1.807) is 0 Å². The monoisotopic (exact) mass is 263 g/mol. The van der Waals surface area contributed by atoms with Gasteiger partial charge in [-0.2, -0.15) is 0 Å². The first-order chi connectivity index (χ1) is 6.45. The van der Waals surface area contributed by atoms with Gasteiger partial charge in [-0.25, -0.2) is 4.39 Å². The summed E-state index contributed by atoms with van der Waals surface area (Å²) in [5.41, 5.74) is 5.92. The van der Waals surface area contributed by atoms with E-state index in [1.807, 2.05) is 0 Å². The zero-order valence-electron chi connectivity index (χ0n) is 7.54. The van der Waals surface area contributed by atoms with Gasteiger partial charge in [-0.15, -0.1) is 0 Å². The molecule has 0 amide bonds. The highest BCUT2D eigenvalue weighted by atomic mass is 79.9. The number of aliphatic hydroxyl groups is 1. The standard InChI is InChI=1S/C9H11BrFNO2/c1-4(13)8(12)5-2-3-6(11)7(10)9(5)14/h2-4,8,13-14H,12H2,1H3/t4-,8-/m0/s1. The van der Waals surface area contributed by atoms with Crippen molar-refractivity contribution in [1.29, 1.82) is 0 Å². The van der Waals surface area contributed by atoms with Gasteiger partial charge >= 0.3 is 0 Å². The minimum absolute atomic E-state index is 0.0360. The van der Waals surface area contributed by atoms with Crippen LogP contribution >= 0.6 is 15.9 Å². The maximum atomic E-state index is 12.9. The number of rotatable bonds is 2. The lowest BCUT2D eigenvalue weighted by Crippen LogP contribution is -2.23. The summed E-state index contributed by atoms with van der Waals surface area (Å²) in [6, 6.07) is 1.81. The highest BCUT2D eigenvalue weighted by Gasteiger charge is 2.19. The van der Waals surface area contributed by atoms with Crippen molar-refractivity contribution in [3.63, 3.8) is 0 Å².